The molecule has 0 atom stereocenters. The number of benzene rings is 1. The molecule has 0 saturated heterocycles. The fraction of sp³-hybridized carbons (Fsp3) is 0.462. The zero-order valence-corrected chi connectivity index (χ0v) is 10.6. The SMILES string of the molecule is O=C(Nc1cccc(CNC2CC(O)C2)c1)C(F)(F)F. The van der Waals surface area contributed by atoms with E-state index in [9.17, 15) is 18.0 Å². The van der Waals surface area contributed by atoms with Crippen LogP contribution in [0.2, 0.25) is 0 Å². The van der Waals surface area contributed by atoms with Crippen molar-refractivity contribution in [3.05, 3.63) is 29.8 Å². The Morgan fingerprint density at radius 3 is 2.65 bits per heavy atom. The topological polar surface area (TPSA) is 61.4 Å². The molecule has 110 valence electrons. The Hall–Kier alpha value is -1.60. The van der Waals surface area contributed by atoms with Gasteiger partial charge in [0.1, 0.15) is 0 Å². The molecule has 1 aliphatic carbocycles. The van der Waals surface area contributed by atoms with E-state index < -0.39 is 12.1 Å². The Bertz CT molecular complexity index is 485. The van der Waals surface area contributed by atoms with Crippen molar-refractivity contribution in [3.63, 3.8) is 0 Å². The van der Waals surface area contributed by atoms with E-state index in [1.54, 1.807) is 12.1 Å². The molecule has 1 aromatic rings. The molecule has 0 aromatic heterocycles. The molecule has 0 spiro atoms. The molecular formula is C13H15F3N2O2. The minimum absolute atomic E-state index is 0.111. The van der Waals surface area contributed by atoms with E-state index in [4.69, 9.17) is 5.11 Å². The van der Waals surface area contributed by atoms with Crippen LogP contribution >= 0.6 is 0 Å². The number of carbonyl (C=O) groups excluding carboxylic acids is 1. The summed E-state index contributed by atoms with van der Waals surface area (Å²) in [5, 5.41) is 14.1. The Kier molecular flexibility index (Phi) is 4.29. The van der Waals surface area contributed by atoms with Gasteiger partial charge in [-0.15, -0.1) is 0 Å². The molecule has 7 heteroatoms. The summed E-state index contributed by atoms with van der Waals surface area (Å²) in [5.74, 6) is -1.98. The summed E-state index contributed by atoms with van der Waals surface area (Å²) in [7, 11) is 0. The molecule has 2 rings (SSSR count). The number of hydrogen-bond acceptors (Lipinski definition) is 3. The summed E-state index contributed by atoms with van der Waals surface area (Å²) in [5.41, 5.74) is 0.881. The van der Waals surface area contributed by atoms with Crippen LogP contribution in [0.5, 0.6) is 0 Å². The first-order chi connectivity index (χ1) is 9.34. The molecule has 1 fully saturated rings. The van der Waals surface area contributed by atoms with Gasteiger partial charge in [-0.05, 0) is 30.5 Å². The molecule has 1 aliphatic rings. The third kappa shape index (κ3) is 3.94. The molecule has 20 heavy (non-hydrogen) atoms. The second-order valence-electron chi connectivity index (χ2n) is 4.86. The Morgan fingerprint density at radius 1 is 1.35 bits per heavy atom. The Balaban J connectivity index is 1.89. The van der Waals surface area contributed by atoms with Gasteiger partial charge in [-0.1, -0.05) is 12.1 Å². The van der Waals surface area contributed by atoms with E-state index in [0.717, 1.165) is 5.56 Å². The second kappa shape index (κ2) is 5.80. The van der Waals surface area contributed by atoms with E-state index in [1.165, 1.54) is 12.1 Å². The molecule has 0 heterocycles. The van der Waals surface area contributed by atoms with Gasteiger partial charge in [0.2, 0.25) is 0 Å². The van der Waals surface area contributed by atoms with Crippen molar-refractivity contribution in [2.24, 2.45) is 0 Å². The number of alkyl halides is 3. The maximum atomic E-state index is 12.1. The fourth-order valence-electron chi connectivity index (χ4n) is 1.98. The molecule has 3 N–H and O–H groups in total. The smallest absolute Gasteiger partial charge is 0.393 e. The predicted molar refractivity (Wildman–Crippen MR) is 67.0 cm³/mol. The maximum absolute atomic E-state index is 12.1. The number of amides is 1. The first kappa shape index (κ1) is 14.8. The lowest BCUT2D eigenvalue weighted by atomic mass is 9.89. The van der Waals surface area contributed by atoms with Gasteiger partial charge in [-0.3, -0.25) is 4.79 Å². The number of aliphatic hydroxyl groups excluding tert-OH is 1. The van der Waals surface area contributed by atoms with Gasteiger partial charge in [0.05, 0.1) is 6.10 Å². The summed E-state index contributed by atoms with van der Waals surface area (Å²) < 4.78 is 36.4. The Morgan fingerprint density at radius 2 is 2.05 bits per heavy atom. The molecule has 4 nitrogen and oxygen atoms in total. The maximum Gasteiger partial charge on any atom is 0.471 e. The van der Waals surface area contributed by atoms with Gasteiger partial charge in [0.15, 0.2) is 0 Å². The lowest BCUT2D eigenvalue weighted by molar-refractivity contribution is -0.167. The minimum atomic E-state index is -4.89. The van der Waals surface area contributed by atoms with Crippen molar-refractivity contribution in [2.75, 3.05) is 5.32 Å². The van der Waals surface area contributed by atoms with Crippen molar-refractivity contribution in [1.29, 1.82) is 0 Å². The highest BCUT2D eigenvalue weighted by Crippen LogP contribution is 2.21. The molecule has 1 saturated carbocycles. The molecule has 0 aliphatic heterocycles. The molecule has 1 amide bonds. The predicted octanol–water partition coefficient (Wildman–Crippen LogP) is 1.80. The Labute approximate surface area is 114 Å². The van der Waals surface area contributed by atoms with Crippen molar-refractivity contribution in [3.8, 4) is 0 Å². The van der Waals surface area contributed by atoms with Crippen molar-refractivity contribution in [1.82, 2.24) is 5.32 Å². The van der Waals surface area contributed by atoms with Crippen molar-refractivity contribution in [2.45, 2.75) is 37.7 Å². The highest BCUT2D eigenvalue weighted by atomic mass is 19.4. The zero-order valence-electron chi connectivity index (χ0n) is 10.6. The highest BCUT2D eigenvalue weighted by Gasteiger charge is 2.38. The van der Waals surface area contributed by atoms with Crippen LogP contribution in [0.15, 0.2) is 24.3 Å². The summed E-state index contributed by atoms with van der Waals surface area (Å²) in [6.07, 6.45) is -3.78. The molecular weight excluding hydrogens is 273 g/mol. The first-order valence-electron chi connectivity index (χ1n) is 6.23. The average molecular weight is 288 g/mol. The van der Waals surface area contributed by atoms with Crippen LogP contribution in [0.25, 0.3) is 0 Å². The lowest BCUT2D eigenvalue weighted by Crippen LogP contribution is -2.43. The van der Waals surface area contributed by atoms with Crippen LogP contribution in [0.1, 0.15) is 18.4 Å². The number of rotatable bonds is 4. The van der Waals surface area contributed by atoms with Crippen LogP contribution < -0.4 is 10.6 Å². The number of aliphatic hydroxyl groups is 1. The van der Waals surface area contributed by atoms with Gasteiger partial charge in [0, 0.05) is 18.3 Å². The van der Waals surface area contributed by atoms with Gasteiger partial charge in [-0.2, -0.15) is 13.2 Å². The minimum Gasteiger partial charge on any atom is -0.393 e. The van der Waals surface area contributed by atoms with E-state index in [-0.39, 0.29) is 17.8 Å². The standard InChI is InChI=1S/C13H15F3N2O2/c14-13(15,16)12(20)18-9-3-1-2-8(4-9)7-17-10-5-11(19)6-10/h1-4,10-11,17,19H,5-7H2,(H,18,20). The molecule has 0 unspecified atom stereocenters. The lowest BCUT2D eigenvalue weighted by Gasteiger charge is -2.32. The third-order valence-electron chi connectivity index (χ3n) is 3.15. The van der Waals surface area contributed by atoms with Crippen LogP contribution in [-0.4, -0.2) is 29.3 Å². The average Bonchev–Trinajstić information content (AvgIpc) is 2.32. The van der Waals surface area contributed by atoms with Crippen LogP contribution in [-0.2, 0) is 11.3 Å². The van der Waals surface area contributed by atoms with Crippen molar-refractivity contribution < 1.29 is 23.1 Å². The molecule has 0 radical (unpaired) electrons. The number of carbonyl (C=O) groups is 1. The van der Waals surface area contributed by atoms with Crippen LogP contribution in [0.3, 0.4) is 0 Å². The van der Waals surface area contributed by atoms with Crippen LogP contribution in [0, 0.1) is 0 Å². The first-order valence-corrected chi connectivity index (χ1v) is 6.23. The van der Waals surface area contributed by atoms with Gasteiger partial charge in [0.25, 0.3) is 0 Å². The normalized spacial score (nSPS) is 22.2. The largest absolute Gasteiger partial charge is 0.471 e. The van der Waals surface area contributed by atoms with E-state index in [0.29, 0.717) is 19.4 Å². The third-order valence-corrected chi connectivity index (χ3v) is 3.15. The zero-order chi connectivity index (χ0) is 14.8. The fourth-order valence-corrected chi connectivity index (χ4v) is 1.98. The van der Waals surface area contributed by atoms with Crippen molar-refractivity contribution >= 4 is 11.6 Å². The van der Waals surface area contributed by atoms with E-state index >= 15 is 0 Å². The summed E-state index contributed by atoms with van der Waals surface area (Å²) in [6, 6.07) is 6.47. The monoisotopic (exact) mass is 288 g/mol. The number of nitrogens with one attached hydrogen (secondary N) is 2. The molecule has 0 bridgehead atoms. The quantitative estimate of drug-likeness (QED) is 0.791. The number of anilines is 1. The number of hydrogen-bond donors (Lipinski definition) is 3. The van der Waals surface area contributed by atoms with E-state index in [2.05, 4.69) is 5.32 Å². The second-order valence-corrected chi connectivity index (χ2v) is 4.86. The van der Waals surface area contributed by atoms with Gasteiger partial charge in [-0.25, -0.2) is 0 Å². The van der Waals surface area contributed by atoms with Gasteiger partial charge >= 0.3 is 12.1 Å². The van der Waals surface area contributed by atoms with Gasteiger partial charge < -0.3 is 15.7 Å². The number of halogens is 3. The molecule has 1 aromatic carbocycles. The van der Waals surface area contributed by atoms with Crippen LogP contribution in [0.4, 0.5) is 18.9 Å². The highest BCUT2D eigenvalue weighted by molar-refractivity contribution is 5.94. The summed E-state index contributed by atoms with van der Waals surface area (Å²) >= 11 is 0. The van der Waals surface area contributed by atoms with E-state index in [1.807, 2.05) is 5.32 Å². The summed E-state index contributed by atoms with van der Waals surface area (Å²) in [6.45, 7) is 0.479. The summed E-state index contributed by atoms with van der Waals surface area (Å²) in [4.78, 5) is 10.8.